The van der Waals surface area contributed by atoms with Crippen LogP contribution < -0.4 is 5.32 Å². The summed E-state index contributed by atoms with van der Waals surface area (Å²) in [6.45, 7) is 15.1. The highest BCUT2D eigenvalue weighted by Gasteiger charge is 2.04. The molecular formula is C14H31N3. The van der Waals surface area contributed by atoms with Gasteiger partial charge in [0.25, 0.3) is 0 Å². The number of hydrogen-bond donors (Lipinski definition) is 1. The van der Waals surface area contributed by atoms with E-state index in [0.29, 0.717) is 0 Å². The molecule has 0 aliphatic heterocycles. The minimum Gasteiger partial charge on any atom is -0.313 e. The van der Waals surface area contributed by atoms with E-state index < -0.39 is 0 Å². The van der Waals surface area contributed by atoms with Crippen molar-refractivity contribution in [1.29, 1.82) is 0 Å². The molecule has 0 amide bonds. The van der Waals surface area contributed by atoms with Crippen molar-refractivity contribution >= 4 is 0 Å². The van der Waals surface area contributed by atoms with Gasteiger partial charge in [0.1, 0.15) is 0 Å². The van der Waals surface area contributed by atoms with Crippen molar-refractivity contribution in [2.24, 2.45) is 0 Å². The predicted molar refractivity (Wildman–Crippen MR) is 77.6 cm³/mol. The van der Waals surface area contributed by atoms with E-state index in [2.05, 4.69) is 49.6 Å². The summed E-state index contributed by atoms with van der Waals surface area (Å²) >= 11 is 0. The number of likely N-dealkylation sites (N-methyl/N-ethyl adjacent to an activating group) is 1. The second-order valence-electron chi connectivity index (χ2n) is 4.95. The molecule has 0 atom stereocenters. The van der Waals surface area contributed by atoms with Crippen LogP contribution >= 0.6 is 0 Å². The molecule has 0 aromatic carbocycles. The Labute approximate surface area is 108 Å². The summed E-state index contributed by atoms with van der Waals surface area (Å²) < 4.78 is 0. The maximum absolute atomic E-state index is 4.14. The highest BCUT2D eigenvalue weighted by Crippen LogP contribution is 1.98. The summed E-state index contributed by atoms with van der Waals surface area (Å²) in [5, 5.41) is 3.40. The molecule has 0 spiro atoms. The predicted octanol–water partition coefficient (Wildman–Crippen LogP) is 1.82. The van der Waals surface area contributed by atoms with Crippen LogP contribution in [0.3, 0.4) is 0 Å². The third-order valence-electron chi connectivity index (χ3n) is 2.78. The number of nitrogens with zero attached hydrogens (tertiary/aromatic N) is 2. The van der Waals surface area contributed by atoms with Crippen LogP contribution in [0.5, 0.6) is 0 Å². The van der Waals surface area contributed by atoms with E-state index >= 15 is 0 Å². The van der Waals surface area contributed by atoms with Gasteiger partial charge in [0.2, 0.25) is 0 Å². The zero-order valence-corrected chi connectivity index (χ0v) is 12.3. The third kappa shape index (κ3) is 10.5. The summed E-state index contributed by atoms with van der Waals surface area (Å²) in [4.78, 5) is 4.71. The quantitative estimate of drug-likeness (QED) is 0.440. The van der Waals surface area contributed by atoms with Gasteiger partial charge in [0.05, 0.1) is 0 Å². The highest BCUT2D eigenvalue weighted by molar-refractivity contribution is 4.99. The Bertz CT molecular complexity index is 190. The van der Waals surface area contributed by atoms with E-state index in [9.17, 15) is 0 Å². The van der Waals surface area contributed by atoms with Crippen LogP contribution in [-0.2, 0) is 0 Å². The Morgan fingerprint density at radius 3 is 2.41 bits per heavy atom. The molecule has 0 aromatic heterocycles. The van der Waals surface area contributed by atoms with Gasteiger partial charge < -0.3 is 10.2 Å². The summed E-state index contributed by atoms with van der Waals surface area (Å²) in [6, 6.07) is 0. The van der Waals surface area contributed by atoms with Crippen molar-refractivity contribution in [1.82, 2.24) is 15.1 Å². The Balaban J connectivity index is 3.68. The van der Waals surface area contributed by atoms with Crippen LogP contribution in [0.15, 0.2) is 12.2 Å². The number of rotatable bonds is 11. The maximum Gasteiger partial charge on any atom is 0.0202 e. The zero-order chi connectivity index (χ0) is 13.1. The molecule has 0 fully saturated rings. The SMILES string of the molecule is C=C(CNCCC)CN(CC)CCCN(C)C. The molecule has 0 aliphatic carbocycles. The minimum atomic E-state index is 0.956. The summed E-state index contributed by atoms with van der Waals surface area (Å²) in [6.07, 6.45) is 2.42. The van der Waals surface area contributed by atoms with Gasteiger partial charge in [-0.1, -0.05) is 20.4 Å². The number of nitrogens with one attached hydrogen (secondary N) is 1. The Morgan fingerprint density at radius 1 is 1.18 bits per heavy atom. The van der Waals surface area contributed by atoms with Crippen LogP contribution in [0.2, 0.25) is 0 Å². The molecule has 3 nitrogen and oxygen atoms in total. The Hall–Kier alpha value is -0.380. The van der Waals surface area contributed by atoms with E-state index in [-0.39, 0.29) is 0 Å². The van der Waals surface area contributed by atoms with Gasteiger partial charge in [-0.3, -0.25) is 4.90 Å². The molecule has 0 saturated carbocycles. The molecule has 3 heteroatoms. The molecule has 0 radical (unpaired) electrons. The lowest BCUT2D eigenvalue weighted by molar-refractivity contribution is 0.283. The van der Waals surface area contributed by atoms with E-state index in [1.54, 1.807) is 0 Å². The first-order valence-corrected chi connectivity index (χ1v) is 6.84. The average Bonchev–Trinajstić information content (AvgIpc) is 2.27. The Kier molecular flexibility index (Phi) is 10.5. The van der Waals surface area contributed by atoms with Gasteiger partial charge in [-0.05, 0) is 58.7 Å². The molecule has 0 rings (SSSR count). The lowest BCUT2D eigenvalue weighted by Crippen LogP contribution is -2.31. The minimum absolute atomic E-state index is 0.956. The van der Waals surface area contributed by atoms with Crippen molar-refractivity contribution in [2.75, 3.05) is 53.4 Å². The lowest BCUT2D eigenvalue weighted by atomic mass is 10.2. The summed E-state index contributed by atoms with van der Waals surface area (Å²) in [5.41, 5.74) is 1.30. The first kappa shape index (κ1) is 16.6. The molecule has 0 saturated heterocycles. The largest absolute Gasteiger partial charge is 0.313 e. The molecule has 17 heavy (non-hydrogen) atoms. The topological polar surface area (TPSA) is 18.5 Å². The molecule has 1 N–H and O–H groups in total. The first-order valence-electron chi connectivity index (χ1n) is 6.84. The van der Waals surface area contributed by atoms with Crippen molar-refractivity contribution < 1.29 is 0 Å². The first-order chi connectivity index (χ1) is 8.10. The summed E-state index contributed by atoms with van der Waals surface area (Å²) in [5.74, 6) is 0. The fourth-order valence-corrected chi connectivity index (χ4v) is 1.77. The highest BCUT2D eigenvalue weighted by atomic mass is 15.1. The van der Waals surface area contributed by atoms with Crippen molar-refractivity contribution in [3.05, 3.63) is 12.2 Å². The smallest absolute Gasteiger partial charge is 0.0202 e. The third-order valence-corrected chi connectivity index (χ3v) is 2.78. The van der Waals surface area contributed by atoms with Gasteiger partial charge >= 0.3 is 0 Å². The second kappa shape index (κ2) is 10.8. The van der Waals surface area contributed by atoms with Crippen molar-refractivity contribution in [2.45, 2.75) is 26.7 Å². The van der Waals surface area contributed by atoms with E-state index in [1.807, 2.05) is 0 Å². The van der Waals surface area contributed by atoms with Crippen LogP contribution in [0.25, 0.3) is 0 Å². The second-order valence-corrected chi connectivity index (χ2v) is 4.95. The molecule has 0 bridgehead atoms. The lowest BCUT2D eigenvalue weighted by Gasteiger charge is -2.22. The zero-order valence-electron chi connectivity index (χ0n) is 12.3. The van der Waals surface area contributed by atoms with Gasteiger partial charge in [0, 0.05) is 13.1 Å². The van der Waals surface area contributed by atoms with Crippen LogP contribution in [0.4, 0.5) is 0 Å². The van der Waals surface area contributed by atoms with E-state index in [1.165, 1.54) is 25.0 Å². The van der Waals surface area contributed by atoms with Crippen LogP contribution in [0.1, 0.15) is 26.7 Å². The van der Waals surface area contributed by atoms with E-state index in [4.69, 9.17) is 0 Å². The van der Waals surface area contributed by atoms with Gasteiger partial charge in [-0.2, -0.15) is 0 Å². The van der Waals surface area contributed by atoms with Gasteiger partial charge in [-0.15, -0.1) is 0 Å². The monoisotopic (exact) mass is 241 g/mol. The molecule has 0 aliphatic rings. The Morgan fingerprint density at radius 2 is 1.88 bits per heavy atom. The number of hydrogen-bond acceptors (Lipinski definition) is 3. The summed E-state index contributed by atoms with van der Waals surface area (Å²) in [7, 11) is 4.26. The average molecular weight is 241 g/mol. The van der Waals surface area contributed by atoms with Crippen molar-refractivity contribution in [3.63, 3.8) is 0 Å². The molecule has 0 heterocycles. The maximum atomic E-state index is 4.14. The molecule has 102 valence electrons. The molecular weight excluding hydrogens is 210 g/mol. The fraction of sp³-hybridized carbons (Fsp3) is 0.857. The van der Waals surface area contributed by atoms with Crippen LogP contribution in [-0.4, -0.2) is 63.2 Å². The van der Waals surface area contributed by atoms with Gasteiger partial charge in [0.15, 0.2) is 0 Å². The molecule has 0 aromatic rings. The van der Waals surface area contributed by atoms with Gasteiger partial charge in [-0.25, -0.2) is 0 Å². The normalized spacial score (nSPS) is 11.4. The van der Waals surface area contributed by atoms with Crippen LogP contribution in [0, 0.1) is 0 Å². The van der Waals surface area contributed by atoms with Crippen molar-refractivity contribution in [3.8, 4) is 0 Å². The standard InChI is InChI=1S/C14H31N3/c1-6-9-15-12-14(3)13-17(7-2)11-8-10-16(4)5/h15H,3,6-13H2,1-2,4-5H3. The fourth-order valence-electron chi connectivity index (χ4n) is 1.77. The molecule has 0 unspecified atom stereocenters. The van der Waals surface area contributed by atoms with E-state index in [0.717, 1.165) is 32.7 Å².